The van der Waals surface area contributed by atoms with Gasteiger partial charge in [-0.15, -0.1) is 0 Å². The predicted molar refractivity (Wildman–Crippen MR) is 88.1 cm³/mol. The summed E-state index contributed by atoms with van der Waals surface area (Å²) in [6.45, 7) is 0. The molecule has 1 amide bonds. The van der Waals surface area contributed by atoms with Gasteiger partial charge >= 0.3 is 0 Å². The molecule has 2 heterocycles. The second-order valence-corrected chi connectivity index (χ2v) is 5.88. The van der Waals surface area contributed by atoms with Crippen molar-refractivity contribution in [3.63, 3.8) is 0 Å². The van der Waals surface area contributed by atoms with Crippen molar-refractivity contribution in [2.45, 2.75) is 0 Å². The van der Waals surface area contributed by atoms with Crippen LogP contribution in [0.25, 0.3) is 10.9 Å². The second kappa shape index (κ2) is 5.45. The van der Waals surface area contributed by atoms with Crippen molar-refractivity contribution < 1.29 is 4.79 Å². The first-order valence-corrected chi connectivity index (χ1v) is 7.49. The van der Waals surface area contributed by atoms with Crippen molar-refractivity contribution in [2.75, 3.05) is 11.1 Å². The van der Waals surface area contributed by atoms with Crippen LogP contribution in [0.5, 0.6) is 0 Å². The number of aromatic nitrogens is 3. The summed E-state index contributed by atoms with van der Waals surface area (Å²) in [5.41, 5.74) is 7.64. The van der Waals surface area contributed by atoms with E-state index in [2.05, 4.69) is 52.1 Å². The highest BCUT2D eigenvalue weighted by Gasteiger charge is 2.13. The number of anilines is 2. The number of hydrogen-bond donors (Lipinski definition) is 3. The number of halogens is 2. The van der Waals surface area contributed by atoms with Crippen LogP contribution in [0, 0.1) is 0 Å². The van der Waals surface area contributed by atoms with Crippen molar-refractivity contribution in [2.24, 2.45) is 0 Å². The Bertz CT molecular complexity index is 846. The number of H-pyrrole nitrogens is 1. The number of amides is 1. The second-order valence-electron chi connectivity index (χ2n) is 4.32. The van der Waals surface area contributed by atoms with Crippen LogP contribution in [0.15, 0.2) is 39.7 Å². The fraction of sp³-hybridized carbons (Fsp3) is 0. The number of hydrogen-bond acceptors (Lipinski definition) is 4. The third-order valence-electron chi connectivity index (χ3n) is 2.82. The number of fused-ring (bicyclic) bond motifs is 1. The molecule has 21 heavy (non-hydrogen) atoms. The van der Waals surface area contributed by atoms with Gasteiger partial charge in [0.15, 0.2) is 5.82 Å². The largest absolute Gasteiger partial charge is 0.399 e. The van der Waals surface area contributed by atoms with Crippen molar-refractivity contribution in [3.05, 3.63) is 45.4 Å². The zero-order valence-corrected chi connectivity index (χ0v) is 13.7. The zero-order valence-electron chi connectivity index (χ0n) is 10.5. The Morgan fingerprint density at radius 2 is 2.10 bits per heavy atom. The van der Waals surface area contributed by atoms with Gasteiger partial charge in [-0.05, 0) is 56.1 Å². The van der Waals surface area contributed by atoms with Crippen molar-refractivity contribution in [3.8, 4) is 0 Å². The maximum absolute atomic E-state index is 12.2. The van der Waals surface area contributed by atoms with Crippen LogP contribution >= 0.6 is 31.9 Å². The predicted octanol–water partition coefficient (Wildman–Crippen LogP) is 3.32. The number of carbonyl (C=O) groups excluding carboxylic acids is 1. The van der Waals surface area contributed by atoms with Gasteiger partial charge in [0.25, 0.3) is 5.91 Å². The van der Waals surface area contributed by atoms with E-state index in [0.29, 0.717) is 26.4 Å². The van der Waals surface area contributed by atoms with E-state index >= 15 is 0 Å². The number of nitrogens with two attached hydrogens (primary N) is 1. The molecule has 0 aliphatic carbocycles. The van der Waals surface area contributed by atoms with E-state index in [4.69, 9.17) is 5.73 Å². The number of rotatable bonds is 2. The summed E-state index contributed by atoms with van der Waals surface area (Å²) in [7, 11) is 0. The number of nitrogens with one attached hydrogen (secondary N) is 2. The summed E-state index contributed by atoms with van der Waals surface area (Å²) in [6, 6.07) is 7.15. The van der Waals surface area contributed by atoms with Crippen molar-refractivity contribution in [1.29, 1.82) is 0 Å². The van der Waals surface area contributed by atoms with E-state index < -0.39 is 0 Å². The van der Waals surface area contributed by atoms with Crippen LogP contribution in [-0.2, 0) is 0 Å². The van der Waals surface area contributed by atoms with Gasteiger partial charge < -0.3 is 16.0 Å². The lowest BCUT2D eigenvalue weighted by Gasteiger charge is -2.04. The zero-order chi connectivity index (χ0) is 15.0. The summed E-state index contributed by atoms with van der Waals surface area (Å²) in [6.07, 6.45) is 1.51. The maximum atomic E-state index is 12.2. The van der Waals surface area contributed by atoms with Gasteiger partial charge in [-0.1, -0.05) is 0 Å². The normalized spacial score (nSPS) is 10.8. The highest BCUT2D eigenvalue weighted by molar-refractivity contribution is 9.11. The maximum Gasteiger partial charge on any atom is 0.273 e. The Kier molecular flexibility index (Phi) is 3.64. The molecule has 6 nitrogen and oxygen atoms in total. The number of carbonyl (C=O) groups is 1. The summed E-state index contributed by atoms with van der Waals surface area (Å²) in [5.74, 6) is 0.0449. The lowest BCUT2D eigenvalue weighted by Crippen LogP contribution is -2.14. The van der Waals surface area contributed by atoms with E-state index in [9.17, 15) is 4.79 Å². The average Bonchev–Trinajstić information content (AvgIpc) is 2.85. The van der Waals surface area contributed by atoms with E-state index in [1.165, 1.54) is 6.20 Å². The average molecular weight is 411 g/mol. The first-order valence-electron chi connectivity index (χ1n) is 5.90. The fourth-order valence-electron chi connectivity index (χ4n) is 1.88. The Balaban J connectivity index is 1.89. The molecule has 3 rings (SSSR count). The van der Waals surface area contributed by atoms with Crippen LogP contribution in [0.1, 0.15) is 10.5 Å². The molecule has 0 aliphatic rings. The van der Waals surface area contributed by atoms with Crippen LogP contribution in [0.3, 0.4) is 0 Å². The molecule has 3 aromatic rings. The summed E-state index contributed by atoms with van der Waals surface area (Å²) in [5, 5.41) is 3.56. The van der Waals surface area contributed by atoms with Gasteiger partial charge in [-0.25, -0.2) is 9.97 Å². The number of nitrogen functional groups attached to an aromatic ring is 1. The van der Waals surface area contributed by atoms with Gasteiger partial charge in [-0.2, -0.15) is 0 Å². The Morgan fingerprint density at radius 1 is 1.29 bits per heavy atom. The highest BCUT2D eigenvalue weighted by Crippen LogP contribution is 2.22. The van der Waals surface area contributed by atoms with Crippen LogP contribution in [0.4, 0.5) is 11.5 Å². The van der Waals surface area contributed by atoms with Crippen molar-refractivity contribution in [1.82, 2.24) is 15.0 Å². The molecule has 4 N–H and O–H groups in total. The third kappa shape index (κ3) is 2.91. The van der Waals surface area contributed by atoms with Gasteiger partial charge in [-0.3, -0.25) is 4.79 Å². The minimum atomic E-state index is -0.304. The number of nitrogens with zero attached hydrogens (tertiary/aromatic N) is 2. The molecule has 0 aliphatic heterocycles. The standard InChI is InChI=1S/C13H9Br2N5O/c14-10-5-17-12(11(15)19-10)20-13(21)9-4-6-3-7(16)1-2-8(6)18-9/h1-5,18H,16H2,(H,17,20,21). The summed E-state index contributed by atoms with van der Waals surface area (Å²) in [4.78, 5) is 23.5. The Labute approximate surface area is 136 Å². The molecule has 0 spiro atoms. The Morgan fingerprint density at radius 3 is 2.86 bits per heavy atom. The van der Waals surface area contributed by atoms with E-state index in [0.717, 1.165) is 10.9 Å². The molecule has 0 atom stereocenters. The molecule has 2 aromatic heterocycles. The summed E-state index contributed by atoms with van der Waals surface area (Å²) < 4.78 is 1.03. The summed E-state index contributed by atoms with van der Waals surface area (Å²) >= 11 is 6.45. The number of benzene rings is 1. The molecule has 0 saturated carbocycles. The lowest BCUT2D eigenvalue weighted by molar-refractivity contribution is 0.102. The van der Waals surface area contributed by atoms with Gasteiger partial charge in [0.2, 0.25) is 0 Å². The molecule has 0 saturated heterocycles. The van der Waals surface area contributed by atoms with E-state index in [1.807, 2.05) is 6.07 Å². The molecule has 106 valence electrons. The minimum absolute atomic E-state index is 0.304. The molecule has 1 aromatic carbocycles. The van der Waals surface area contributed by atoms with Crippen molar-refractivity contribution >= 4 is 60.2 Å². The quantitative estimate of drug-likeness (QED) is 0.564. The third-order valence-corrected chi connectivity index (χ3v) is 3.76. The fourth-order valence-corrected chi connectivity index (χ4v) is 2.79. The molecule has 0 radical (unpaired) electrons. The molecule has 0 bridgehead atoms. The SMILES string of the molecule is Nc1ccc2[nH]c(C(=O)Nc3ncc(Br)nc3Br)cc2c1. The highest BCUT2D eigenvalue weighted by atomic mass is 79.9. The van der Waals surface area contributed by atoms with Crippen LogP contribution in [-0.4, -0.2) is 20.9 Å². The molecule has 8 heteroatoms. The van der Waals surface area contributed by atoms with Gasteiger partial charge in [0, 0.05) is 16.6 Å². The van der Waals surface area contributed by atoms with E-state index in [-0.39, 0.29) is 5.91 Å². The minimum Gasteiger partial charge on any atom is -0.399 e. The first-order chi connectivity index (χ1) is 10.0. The molecule has 0 fully saturated rings. The van der Waals surface area contributed by atoms with Crippen LogP contribution in [0.2, 0.25) is 0 Å². The first kappa shape index (κ1) is 14.0. The molecular formula is C13H9Br2N5O. The molecular weight excluding hydrogens is 402 g/mol. The Hall–Kier alpha value is -1.93. The lowest BCUT2D eigenvalue weighted by atomic mass is 10.2. The number of aromatic amines is 1. The van der Waals surface area contributed by atoms with E-state index in [1.54, 1.807) is 18.2 Å². The van der Waals surface area contributed by atoms with Gasteiger partial charge in [0.1, 0.15) is 14.9 Å². The van der Waals surface area contributed by atoms with Crippen LogP contribution < -0.4 is 11.1 Å². The topological polar surface area (TPSA) is 96.7 Å². The van der Waals surface area contributed by atoms with Gasteiger partial charge in [0.05, 0.1) is 6.20 Å². The molecule has 0 unspecified atom stereocenters. The monoisotopic (exact) mass is 409 g/mol. The smallest absolute Gasteiger partial charge is 0.273 e.